The van der Waals surface area contributed by atoms with Gasteiger partial charge < -0.3 is 14.5 Å². The van der Waals surface area contributed by atoms with Gasteiger partial charge in [-0.3, -0.25) is 4.79 Å². The second-order valence-corrected chi connectivity index (χ2v) is 11.1. The summed E-state index contributed by atoms with van der Waals surface area (Å²) in [5.41, 5.74) is -0.462. The molecule has 3 rings (SSSR count). The minimum atomic E-state index is -3.69. The summed E-state index contributed by atoms with van der Waals surface area (Å²) >= 11 is 0. The number of carbonyl (C=O) groups is 1. The first-order valence-electron chi connectivity index (χ1n) is 10.2. The smallest absolute Gasteiger partial charge is 0.247 e. The Morgan fingerprint density at radius 2 is 1.83 bits per heavy atom. The summed E-state index contributed by atoms with van der Waals surface area (Å²) in [4.78, 5) is 16.9. The van der Waals surface area contributed by atoms with E-state index in [0.717, 1.165) is 0 Å². The lowest BCUT2D eigenvalue weighted by Gasteiger charge is -2.32. The summed E-state index contributed by atoms with van der Waals surface area (Å²) in [6.07, 6.45) is 0.885. The van der Waals surface area contributed by atoms with Crippen molar-refractivity contribution in [1.29, 1.82) is 0 Å². The minimum absolute atomic E-state index is 0.0945. The molecule has 29 heavy (non-hydrogen) atoms. The molecule has 1 saturated heterocycles. The number of likely N-dealkylation sites (tertiary alicyclic amines) is 1. The third-order valence-corrected chi connectivity index (χ3v) is 7.55. The van der Waals surface area contributed by atoms with E-state index in [0.29, 0.717) is 44.8 Å². The maximum absolute atomic E-state index is 13.5. The zero-order valence-corrected chi connectivity index (χ0v) is 18.9. The van der Waals surface area contributed by atoms with Crippen LogP contribution in [0.15, 0.2) is 29.2 Å². The Morgan fingerprint density at radius 1 is 1.17 bits per heavy atom. The van der Waals surface area contributed by atoms with Gasteiger partial charge in [0.05, 0.1) is 6.04 Å². The number of carbonyl (C=O) groups excluding carboxylic acids is 1. The molecule has 1 aromatic rings. The lowest BCUT2D eigenvalue weighted by Crippen LogP contribution is -2.49. The number of amides is 1. The molecule has 2 aliphatic heterocycles. The fraction of sp³-hybridized carbons (Fsp3) is 0.667. The highest BCUT2D eigenvalue weighted by Crippen LogP contribution is 2.36. The highest BCUT2D eigenvalue weighted by atomic mass is 32.2. The minimum Gasteiger partial charge on any atom is -0.487 e. The van der Waals surface area contributed by atoms with Gasteiger partial charge in [-0.15, -0.1) is 0 Å². The molecule has 8 heteroatoms. The number of nitrogens with zero attached hydrogens (tertiary/aromatic N) is 3. The van der Waals surface area contributed by atoms with Crippen LogP contribution >= 0.6 is 0 Å². The summed E-state index contributed by atoms with van der Waals surface area (Å²) < 4.78 is 34.9. The largest absolute Gasteiger partial charge is 0.487 e. The van der Waals surface area contributed by atoms with Crippen molar-refractivity contribution in [1.82, 2.24) is 14.1 Å². The van der Waals surface area contributed by atoms with Crippen LogP contribution in [-0.4, -0.2) is 80.9 Å². The summed E-state index contributed by atoms with van der Waals surface area (Å²) in [6.45, 7) is 7.86. The Bertz CT molecular complexity index is 848. The average Bonchev–Trinajstić information content (AvgIpc) is 2.87. The van der Waals surface area contributed by atoms with E-state index in [9.17, 15) is 13.2 Å². The number of rotatable bonds is 3. The number of sulfonamides is 1. The predicted molar refractivity (Wildman–Crippen MR) is 112 cm³/mol. The van der Waals surface area contributed by atoms with Crippen LogP contribution in [-0.2, 0) is 14.8 Å². The summed E-state index contributed by atoms with van der Waals surface area (Å²) in [6, 6.07) is 6.57. The van der Waals surface area contributed by atoms with Gasteiger partial charge in [-0.25, -0.2) is 8.42 Å². The molecule has 0 aliphatic carbocycles. The molecule has 0 N–H and O–H groups in total. The van der Waals surface area contributed by atoms with E-state index in [-0.39, 0.29) is 22.9 Å². The molecule has 1 aromatic carbocycles. The molecule has 2 heterocycles. The van der Waals surface area contributed by atoms with Gasteiger partial charge in [0.2, 0.25) is 15.9 Å². The highest BCUT2D eigenvalue weighted by molar-refractivity contribution is 7.89. The number of para-hydroxylation sites is 1. The van der Waals surface area contributed by atoms with E-state index >= 15 is 0 Å². The van der Waals surface area contributed by atoms with Crippen molar-refractivity contribution in [3.63, 3.8) is 0 Å². The number of benzene rings is 1. The Hall–Kier alpha value is -1.64. The third-order valence-electron chi connectivity index (χ3n) is 5.59. The highest BCUT2D eigenvalue weighted by Gasteiger charge is 2.44. The first-order valence-corrected chi connectivity index (χ1v) is 11.7. The normalized spacial score (nSPS) is 24.8. The first-order chi connectivity index (χ1) is 13.5. The molecule has 1 amide bonds. The Morgan fingerprint density at radius 3 is 2.48 bits per heavy atom. The Kier molecular flexibility index (Phi) is 6.27. The summed E-state index contributed by atoms with van der Waals surface area (Å²) in [7, 11) is 0.178. The number of likely N-dealkylation sites (N-methyl/N-ethyl adjacent to an activating group) is 1. The van der Waals surface area contributed by atoms with E-state index < -0.39 is 15.4 Å². The SMILES string of the molecule is CN(C)CCN1[C@H]2CCN(C(=O)C(C)(C)C)CC[C@@H]2Oc2ccccc2S1(=O)=O. The average molecular weight is 424 g/mol. The van der Waals surface area contributed by atoms with Crippen molar-refractivity contribution in [3.8, 4) is 5.75 Å². The van der Waals surface area contributed by atoms with Crippen molar-refractivity contribution >= 4 is 15.9 Å². The van der Waals surface area contributed by atoms with Crippen LogP contribution in [0.3, 0.4) is 0 Å². The van der Waals surface area contributed by atoms with Crippen LogP contribution in [0.4, 0.5) is 0 Å². The maximum Gasteiger partial charge on any atom is 0.247 e. The van der Waals surface area contributed by atoms with Gasteiger partial charge in [-0.05, 0) is 32.6 Å². The maximum atomic E-state index is 13.5. The van der Waals surface area contributed by atoms with Crippen LogP contribution in [0, 0.1) is 5.41 Å². The van der Waals surface area contributed by atoms with Crippen LogP contribution in [0.25, 0.3) is 0 Å². The molecule has 0 spiro atoms. The van der Waals surface area contributed by atoms with Gasteiger partial charge >= 0.3 is 0 Å². The molecule has 162 valence electrons. The van der Waals surface area contributed by atoms with Gasteiger partial charge in [0.25, 0.3) is 0 Å². The lowest BCUT2D eigenvalue weighted by molar-refractivity contribution is -0.139. The number of hydrogen-bond acceptors (Lipinski definition) is 5. The molecule has 2 atom stereocenters. The lowest BCUT2D eigenvalue weighted by atomic mass is 9.94. The van der Waals surface area contributed by atoms with Gasteiger partial charge in [-0.2, -0.15) is 4.31 Å². The second-order valence-electron chi connectivity index (χ2n) is 9.21. The summed E-state index contributed by atoms with van der Waals surface area (Å²) in [5, 5.41) is 0. The second kappa shape index (κ2) is 8.24. The van der Waals surface area contributed by atoms with Crippen LogP contribution in [0.5, 0.6) is 5.75 Å². The number of hydrogen-bond donors (Lipinski definition) is 0. The van der Waals surface area contributed by atoms with E-state index in [1.165, 1.54) is 0 Å². The predicted octanol–water partition coefficient (Wildman–Crippen LogP) is 2.04. The van der Waals surface area contributed by atoms with Crippen LogP contribution in [0.1, 0.15) is 33.6 Å². The Labute approximate surface area is 174 Å². The van der Waals surface area contributed by atoms with Gasteiger partial charge in [0.15, 0.2) is 0 Å². The molecule has 0 saturated carbocycles. The van der Waals surface area contributed by atoms with Crippen molar-refractivity contribution in [2.75, 3.05) is 40.3 Å². The van der Waals surface area contributed by atoms with Crippen LogP contribution < -0.4 is 4.74 Å². The molecular formula is C21H33N3O4S. The first kappa shape index (κ1) is 22.1. The molecule has 0 aromatic heterocycles. The van der Waals surface area contributed by atoms with Gasteiger partial charge in [-0.1, -0.05) is 32.9 Å². The fourth-order valence-electron chi connectivity index (χ4n) is 4.02. The van der Waals surface area contributed by atoms with Crippen molar-refractivity contribution in [2.24, 2.45) is 5.41 Å². The van der Waals surface area contributed by atoms with E-state index in [4.69, 9.17) is 4.74 Å². The fourth-order valence-corrected chi connectivity index (χ4v) is 5.81. The van der Waals surface area contributed by atoms with Gasteiger partial charge in [0, 0.05) is 38.0 Å². The van der Waals surface area contributed by atoms with Crippen molar-refractivity contribution in [3.05, 3.63) is 24.3 Å². The molecular weight excluding hydrogens is 390 g/mol. The molecule has 2 aliphatic rings. The number of fused-ring (bicyclic) bond motifs is 2. The zero-order chi connectivity index (χ0) is 21.4. The molecule has 7 nitrogen and oxygen atoms in total. The van der Waals surface area contributed by atoms with E-state index in [2.05, 4.69) is 0 Å². The van der Waals surface area contributed by atoms with Crippen LogP contribution in [0.2, 0.25) is 0 Å². The molecule has 1 fully saturated rings. The number of ether oxygens (including phenoxy) is 1. The monoisotopic (exact) mass is 423 g/mol. The van der Waals surface area contributed by atoms with E-state index in [1.807, 2.05) is 44.7 Å². The molecule has 0 unspecified atom stereocenters. The van der Waals surface area contributed by atoms with E-state index in [1.54, 1.807) is 28.6 Å². The van der Waals surface area contributed by atoms with Crippen molar-refractivity contribution in [2.45, 2.75) is 50.7 Å². The Balaban J connectivity index is 1.97. The summed E-state index contributed by atoms with van der Waals surface area (Å²) in [5.74, 6) is 0.502. The third kappa shape index (κ3) is 4.59. The molecule has 0 radical (unpaired) electrons. The topological polar surface area (TPSA) is 70.2 Å². The standard InChI is InChI=1S/C21H33N3O4S/c1-21(2,3)20(25)23-12-10-16-17(11-13-23)28-18-8-6-7-9-19(18)29(26,27)24(16)15-14-22(4)5/h6-9,16-17H,10-15H2,1-5H3/t16-,17-/m0/s1. The quantitative estimate of drug-likeness (QED) is 0.744. The molecule has 0 bridgehead atoms. The zero-order valence-electron chi connectivity index (χ0n) is 18.1. The van der Waals surface area contributed by atoms with Crippen molar-refractivity contribution < 1.29 is 17.9 Å². The van der Waals surface area contributed by atoms with Gasteiger partial charge in [0.1, 0.15) is 16.7 Å².